The summed E-state index contributed by atoms with van der Waals surface area (Å²) < 4.78 is 0. The highest BCUT2D eigenvalue weighted by Crippen LogP contribution is 2.22. The molecular weight excluding hydrogens is 272 g/mol. The molecule has 2 amide bonds. The number of likely N-dealkylation sites (tertiary alicyclic amines) is 1. The minimum absolute atomic E-state index is 0.121. The molecule has 0 bridgehead atoms. The summed E-state index contributed by atoms with van der Waals surface area (Å²) in [5, 5.41) is 6.88. The lowest BCUT2D eigenvalue weighted by Crippen LogP contribution is -2.48. The van der Waals surface area contributed by atoms with Crippen LogP contribution in [-0.4, -0.2) is 54.0 Å². The van der Waals surface area contributed by atoms with Crippen molar-refractivity contribution in [2.24, 2.45) is 0 Å². The predicted molar refractivity (Wildman–Crippen MR) is 82.0 cm³/mol. The Balaban J connectivity index is 1.83. The van der Waals surface area contributed by atoms with E-state index < -0.39 is 0 Å². The van der Waals surface area contributed by atoms with Crippen molar-refractivity contribution in [2.45, 2.75) is 38.3 Å². The number of nitrogens with zero attached hydrogens (tertiary/aromatic N) is 3. The number of carbonyl (C=O) groups excluding carboxylic acids is 1. The average molecular weight is 296 g/mol. The smallest absolute Gasteiger partial charge is 0.319 e. The van der Waals surface area contributed by atoms with Gasteiger partial charge in [0.15, 0.2) is 0 Å². The van der Waals surface area contributed by atoms with Gasteiger partial charge in [0.1, 0.15) is 5.01 Å². The molecule has 1 saturated heterocycles. The standard InChI is InChI=1S/C14H24N4OS/c1-4-12(13-15-7-10-20-13)16-11-5-8-18(9-6-11)14(19)17(2)3/h7,10-12,16H,4-6,8-9H2,1-3H3. The van der Waals surface area contributed by atoms with Crippen molar-refractivity contribution < 1.29 is 4.79 Å². The first-order valence-electron chi connectivity index (χ1n) is 7.23. The van der Waals surface area contributed by atoms with Crippen molar-refractivity contribution in [2.75, 3.05) is 27.2 Å². The summed E-state index contributed by atoms with van der Waals surface area (Å²) in [7, 11) is 3.62. The van der Waals surface area contributed by atoms with Crippen LogP contribution < -0.4 is 5.32 Å². The lowest BCUT2D eigenvalue weighted by atomic mass is 10.0. The van der Waals surface area contributed by atoms with Gasteiger partial charge in [-0.2, -0.15) is 0 Å². The van der Waals surface area contributed by atoms with Crippen LogP contribution in [0, 0.1) is 0 Å². The molecule has 6 heteroatoms. The Labute approximate surface area is 125 Å². The van der Waals surface area contributed by atoms with E-state index in [-0.39, 0.29) is 6.03 Å². The maximum Gasteiger partial charge on any atom is 0.319 e. The minimum atomic E-state index is 0.121. The highest BCUT2D eigenvalue weighted by Gasteiger charge is 2.25. The Morgan fingerprint density at radius 1 is 1.55 bits per heavy atom. The number of aromatic nitrogens is 1. The van der Waals surface area contributed by atoms with E-state index in [2.05, 4.69) is 17.2 Å². The highest BCUT2D eigenvalue weighted by molar-refractivity contribution is 7.09. The van der Waals surface area contributed by atoms with Crippen molar-refractivity contribution in [3.05, 3.63) is 16.6 Å². The fourth-order valence-corrected chi connectivity index (χ4v) is 3.36. The summed E-state index contributed by atoms with van der Waals surface area (Å²) in [5.41, 5.74) is 0. The monoisotopic (exact) mass is 296 g/mol. The van der Waals surface area contributed by atoms with Crippen LogP contribution in [0.25, 0.3) is 0 Å². The van der Waals surface area contributed by atoms with Gasteiger partial charge in [-0.1, -0.05) is 6.92 Å². The predicted octanol–water partition coefficient (Wildman–Crippen LogP) is 2.33. The second kappa shape index (κ2) is 7.04. The van der Waals surface area contributed by atoms with Crippen LogP contribution in [0.15, 0.2) is 11.6 Å². The summed E-state index contributed by atoms with van der Waals surface area (Å²) in [4.78, 5) is 19.9. The molecule has 20 heavy (non-hydrogen) atoms. The summed E-state index contributed by atoms with van der Waals surface area (Å²) in [6, 6.07) is 0.946. The fourth-order valence-electron chi connectivity index (χ4n) is 2.58. The summed E-state index contributed by atoms with van der Waals surface area (Å²) in [6.45, 7) is 3.86. The third-order valence-electron chi connectivity index (χ3n) is 3.74. The molecule has 1 aromatic heterocycles. The van der Waals surface area contributed by atoms with Crippen LogP contribution in [-0.2, 0) is 0 Å². The van der Waals surface area contributed by atoms with Gasteiger partial charge in [0.25, 0.3) is 0 Å². The normalized spacial score (nSPS) is 18.1. The number of amides is 2. The average Bonchev–Trinajstić information content (AvgIpc) is 2.98. The molecular formula is C14H24N4OS. The fraction of sp³-hybridized carbons (Fsp3) is 0.714. The van der Waals surface area contributed by atoms with E-state index in [1.54, 1.807) is 16.2 Å². The largest absolute Gasteiger partial charge is 0.331 e. The molecule has 1 unspecified atom stereocenters. The maximum atomic E-state index is 11.9. The van der Waals surface area contributed by atoms with Gasteiger partial charge in [-0.05, 0) is 19.3 Å². The summed E-state index contributed by atoms with van der Waals surface area (Å²) >= 11 is 1.71. The van der Waals surface area contributed by atoms with Gasteiger partial charge in [-0.25, -0.2) is 9.78 Å². The Bertz CT molecular complexity index is 413. The van der Waals surface area contributed by atoms with Crippen LogP contribution >= 0.6 is 11.3 Å². The van der Waals surface area contributed by atoms with Gasteiger partial charge in [-0.15, -0.1) is 11.3 Å². The summed E-state index contributed by atoms with van der Waals surface area (Å²) in [6.07, 6.45) is 4.94. The van der Waals surface area contributed by atoms with Gasteiger partial charge in [0.05, 0.1) is 6.04 Å². The molecule has 0 saturated carbocycles. The zero-order chi connectivity index (χ0) is 14.5. The molecule has 1 aliphatic heterocycles. The molecule has 2 heterocycles. The van der Waals surface area contributed by atoms with Gasteiger partial charge in [0.2, 0.25) is 0 Å². The third kappa shape index (κ3) is 3.70. The van der Waals surface area contributed by atoms with E-state index in [9.17, 15) is 4.79 Å². The zero-order valence-corrected chi connectivity index (χ0v) is 13.3. The lowest BCUT2D eigenvalue weighted by Gasteiger charge is -2.35. The Morgan fingerprint density at radius 3 is 2.75 bits per heavy atom. The number of rotatable bonds is 4. The van der Waals surface area contributed by atoms with Gasteiger partial charge in [-0.3, -0.25) is 0 Å². The van der Waals surface area contributed by atoms with Gasteiger partial charge < -0.3 is 15.1 Å². The molecule has 1 aliphatic rings. The molecule has 0 spiro atoms. The van der Waals surface area contributed by atoms with E-state index in [0.717, 1.165) is 32.4 Å². The van der Waals surface area contributed by atoms with E-state index in [0.29, 0.717) is 12.1 Å². The molecule has 0 aliphatic carbocycles. The Morgan fingerprint density at radius 2 is 2.25 bits per heavy atom. The van der Waals surface area contributed by atoms with Crippen molar-refractivity contribution in [1.29, 1.82) is 0 Å². The second-order valence-corrected chi connectivity index (χ2v) is 6.36. The molecule has 1 fully saturated rings. The number of hydrogen-bond donors (Lipinski definition) is 1. The first-order chi connectivity index (χ1) is 9.61. The van der Waals surface area contributed by atoms with E-state index in [4.69, 9.17) is 0 Å². The maximum absolute atomic E-state index is 11.9. The summed E-state index contributed by atoms with van der Waals surface area (Å²) in [5.74, 6) is 0. The van der Waals surface area contributed by atoms with Crippen LogP contribution in [0.4, 0.5) is 4.79 Å². The molecule has 0 radical (unpaired) electrons. The molecule has 5 nitrogen and oxygen atoms in total. The first-order valence-corrected chi connectivity index (χ1v) is 8.11. The Kier molecular flexibility index (Phi) is 5.37. The first kappa shape index (κ1) is 15.3. The number of nitrogens with one attached hydrogen (secondary N) is 1. The van der Waals surface area contributed by atoms with Crippen molar-refractivity contribution in [3.63, 3.8) is 0 Å². The van der Waals surface area contributed by atoms with E-state index in [1.807, 2.05) is 30.6 Å². The second-order valence-electron chi connectivity index (χ2n) is 5.44. The molecule has 1 aromatic rings. The Hall–Kier alpha value is -1.14. The number of piperidine rings is 1. The highest BCUT2D eigenvalue weighted by atomic mass is 32.1. The number of hydrogen-bond acceptors (Lipinski definition) is 4. The lowest BCUT2D eigenvalue weighted by molar-refractivity contribution is 0.150. The van der Waals surface area contributed by atoms with Crippen molar-refractivity contribution in [3.8, 4) is 0 Å². The number of thiazole rings is 1. The molecule has 2 rings (SSSR count). The third-order valence-corrected chi connectivity index (χ3v) is 4.63. The van der Waals surface area contributed by atoms with Crippen LogP contribution in [0.5, 0.6) is 0 Å². The number of urea groups is 1. The van der Waals surface area contributed by atoms with Crippen molar-refractivity contribution >= 4 is 17.4 Å². The van der Waals surface area contributed by atoms with Crippen molar-refractivity contribution in [1.82, 2.24) is 20.1 Å². The molecule has 0 aromatic carbocycles. The van der Waals surface area contributed by atoms with E-state index >= 15 is 0 Å². The topological polar surface area (TPSA) is 48.5 Å². The van der Waals surface area contributed by atoms with Gasteiger partial charge >= 0.3 is 6.03 Å². The van der Waals surface area contributed by atoms with Crippen LogP contribution in [0.3, 0.4) is 0 Å². The van der Waals surface area contributed by atoms with Crippen LogP contribution in [0.2, 0.25) is 0 Å². The molecule has 1 atom stereocenters. The SMILES string of the molecule is CCC(NC1CCN(C(=O)N(C)C)CC1)c1nccs1. The van der Waals surface area contributed by atoms with E-state index in [1.165, 1.54) is 5.01 Å². The van der Waals surface area contributed by atoms with Gasteiger partial charge in [0, 0.05) is 44.8 Å². The molecule has 1 N–H and O–H groups in total. The zero-order valence-electron chi connectivity index (χ0n) is 12.5. The van der Waals surface area contributed by atoms with Crippen LogP contribution in [0.1, 0.15) is 37.2 Å². The quantitative estimate of drug-likeness (QED) is 0.927. The number of carbonyl (C=O) groups is 1. The molecule has 112 valence electrons. The minimum Gasteiger partial charge on any atom is -0.331 e.